The molecular formula is C18H24N2O. The molecule has 0 aliphatic heterocycles. The topological polar surface area (TPSA) is 48.1 Å². The normalized spacial score (nSPS) is 12.5. The summed E-state index contributed by atoms with van der Waals surface area (Å²) in [5.74, 6) is 1.35. The Morgan fingerprint density at radius 2 is 1.81 bits per heavy atom. The van der Waals surface area contributed by atoms with Crippen LogP contribution in [0.15, 0.2) is 30.6 Å². The van der Waals surface area contributed by atoms with Gasteiger partial charge in [-0.25, -0.2) is 0 Å². The van der Waals surface area contributed by atoms with Gasteiger partial charge in [-0.1, -0.05) is 13.8 Å². The van der Waals surface area contributed by atoms with Gasteiger partial charge in [0.25, 0.3) is 0 Å². The van der Waals surface area contributed by atoms with E-state index in [1.165, 1.54) is 16.7 Å². The van der Waals surface area contributed by atoms with Crippen LogP contribution in [0.1, 0.15) is 49.4 Å². The molecule has 0 spiro atoms. The maximum Gasteiger partial charge on any atom is 0.122 e. The van der Waals surface area contributed by atoms with E-state index in [1.807, 2.05) is 19.3 Å². The van der Waals surface area contributed by atoms with Gasteiger partial charge in [0.05, 0.1) is 7.11 Å². The van der Waals surface area contributed by atoms with E-state index in [0.29, 0.717) is 5.92 Å². The first kappa shape index (κ1) is 15.5. The number of hydrogen-bond donors (Lipinski definition) is 1. The molecule has 1 heterocycles. The third kappa shape index (κ3) is 3.24. The van der Waals surface area contributed by atoms with Crippen LogP contribution in [0.3, 0.4) is 0 Å². The van der Waals surface area contributed by atoms with Gasteiger partial charge in [-0.05, 0) is 60.2 Å². The Hall–Kier alpha value is -1.87. The molecule has 0 saturated carbocycles. The average molecular weight is 284 g/mol. The van der Waals surface area contributed by atoms with E-state index in [0.717, 1.165) is 16.9 Å². The molecule has 0 radical (unpaired) electrons. The number of hydrogen-bond acceptors (Lipinski definition) is 3. The molecule has 0 saturated heterocycles. The number of pyridine rings is 1. The third-order valence-electron chi connectivity index (χ3n) is 3.79. The quantitative estimate of drug-likeness (QED) is 0.915. The number of aryl methyl sites for hydroxylation is 1. The van der Waals surface area contributed by atoms with Crippen molar-refractivity contribution in [2.45, 2.75) is 39.7 Å². The van der Waals surface area contributed by atoms with Gasteiger partial charge in [0.1, 0.15) is 5.75 Å². The summed E-state index contributed by atoms with van der Waals surface area (Å²) in [4.78, 5) is 4.33. The summed E-state index contributed by atoms with van der Waals surface area (Å²) in [5.41, 5.74) is 11.7. The Labute approximate surface area is 127 Å². The highest BCUT2D eigenvalue weighted by molar-refractivity contribution is 5.69. The molecular weight excluding hydrogens is 260 g/mol. The summed E-state index contributed by atoms with van der Waals surface area (Å²) in [6.07, 6.45) is 3.72. The SMILES string of the molecule is COc1cc(C)c(-c2cncc(C(C)N)c2)cc1C(C)C. The summed E-state index contributed by atoms with van der Waals surface area (Å²) in [6.45, 7) is 8.42. The molecule has 0 bridgehead atoms. The second-order valence-corrected chi connectivity index (χ2v) is 5.86. The van der Waals surface area contributed by atoms with Gasteiger partial charge in [-0.2, -0.15) is 0 Å². The summed E-state index contributed by atoms with van der Waals surface area (Å²) in [7, 11) is 1.72. The van der Waals surface area contributed by atoms with Crippen LogP contribution in [0.5, 0.6) is 5.75 Å². The van der Waals surface area contributed by atoms with E-state index < -0.39 is 0 Å². The van der Waals surface area contributed by atoms with E-state index in [2.05, 4.69) is 44.0 Å². The molecule has 21 heavy (non-hydrogen) atoms. The maximum absolute atomic E-state index is 5.96. The fourth-order valence-electron chi connectivity index (χ4n) is 2.49. The first-order valence-corrected chi connectivity index (χ1v) is 7.33. The lowest BCUT2D eigenvalue weighted by atomic mass is 9.93. The fourth-order valence-corrected chi connectivity index (χ4v) is 2.49. The third-order valence-corrected chi connectivity index (χ3v) is 3.79. The van der Waals surface area contributed by atoms with Gasteiger partial charge in [-0.15, -0.1) is 0 Å². The molecule has 112 valence electrons. The molecule has 2 N–H and O–H groups in total. The van der Waals surface area contributed by atoms with Crippen molar-refractivity contribution >= 4 is 0 Å². The van der Waals surface area contributed by atoms with Crippen molar-refractivity contribution in [1.29, 1.82) is 0 Å². The van der Waals surface area contributed by atoms with Gasteiger partial charge in [0.2, 0.25) is 0 Å². The van der Waals surface area contributed by atoms with E-state index in [1.54, 1.807) is 7.11 Å². The minimum atomic E-state index is -0.0134. The van der Waals surface area contributed by atoms with E-state index in [4.69, 9.17) is 10.5 Å². The van der Waals surface area contributed by atoms with Crippen molar-refractivity contribution in [3.8, 4) is 16.9 Å². The van der Waals surface area contributed by atoms with Crippen LogP contribution in [0.4, 0.5) is 0 Å². The largest absolute Gasteiger partial charge is 0.496 e. The number of nitrogens with zero attached hydrogens (tertiary/aromatic N) is 1. The first-order chi connectivity index (χ1) is 9.93. The van der Waals surface area contributed by atoms with Crippen molar-refractivity contribution < 1.29 is 4.74 Å². The van der Waals surface area contributed by atoms with Crippen molar-refractivity contribution in [2.24, 2.45) is 5.73 Å². The molecule has 3 heteroatoms. The fraction of sp³-hybridized carbons (Fsp3) is 0.389. The molecule has 2 aromatic rings. The van der Waals surface area contributed by atoms with Crippen LogP contribution in [0, 0.1) is 6.92 Å². The second kappa shape index (κ2) is 6.27. The number of aromatic nitrogens is 1. The van der Waals surface area contributed by atoms with Crippen LogP contribution in [-0.4, -0.2) is 12.1 Å². The van der Waals surface area contributed by atoms with Crippen LogP contribution in [0.2, 0.25) is 0 Å². The Kier molecular flexibility index (Phi) is 4.63. The standard InChI is InChI=1S/C18H24N2O/c1-11(2)16-8-17(12(3)6-18(16)21-5)15-7-14(13(4)19)9-20-10-15/h6-11,13H,19H2,1-5H3. The Balaban J connectivity index is 2.58. The van der Waals surface area contributed by atoms with Crippen LogP contribution >= 0.6 is 0 Å². The number of benzene rings is 1. The van der Waals surface area contributed by atoms with Gasteiger partial charge in [0.15, 0.2) is 0 Å². The minimum absolute atomic E-state index is 0.0134. The second-order valence-electron chi connectivity index (χ2n) is 5.86. The minimum Gasteiger partial charge on any atom is -0.496 e. The highest BCUT2D eigenvalue weighted by Gasteiger charge is 2.13. The number of rotatable bonds is 4. The summed E-state index contributed by atoms with van der Waals surface area (Å²) in [6, 6.07) is 6.42. The Morgan fingerprint density at radius 3 is 2.38 bits per heavy atom. The summed E-state index contributed by atoms with van der Waals surface area (Å²) >= 11 is 0. The van der Waals surface area contributed by atoms with E-state index in [9.17, 15) is 0 Å². The van der Waals surface area contributed by atoms with Crippen molar-refractivity contribution in [1.82, 2.24) is 4.98 Å². The average Bonchev–Trinajstić information content (AvgIpc) is 2.46. The van der Waals surface area contributed by atoms with Gasteiger partial charge >= 0.3 is 0 Å². The molecule has 3 nitrogen and oxygen atoms in total. The summed E-state index contributed by atoms with van der Waals surface area (Å²) < 4.78 is 5.50. The highest BCUT2D eigenvalue weighted by Crippen LogP contribution is 2.34. The predicted octanol–water partition coefficient (Wildman–Crippen LogP) is 4.21. The molecule has 1 unspecified atom stereocenters. The Morgan fingerprint density at radius 1 is 1.10 bits per heavy atom. The monoisotopic (exact) mass is 284 g/mol. The molecule has 0 fully saturated rings. The highest BCUT2D eigenvalue weighted by atomic mass is 16.5. The first-order valence-electron chi connectivity index (χ1n) is 7.33. The number of methoxy groups -OCH3 is 1. The molecule has 1 atom stereocenters. The molecule has 0 aliphatic carbocycles. The zero-order valence-corrected chi connectivity index (χ0v) is 13.5. The van der Waals surface area contributed by atoms with Crippen molar-refractivity contribution in [3.05, 3.63) is 47.3 Å². The maximum atomic E-state index is 5.96. The number of ether oxygens (including phenoxy) is 1. The molecule has 1 aromatic heterocycles. The zero-order chi connectivity index (χ0) is 15.6. The van der Waals surface area contributed by atoms with Gasteiger partial charge < -0.3 is 10.5 Å². The molecule has 1 aromatic carbocycles. The zero-order valence-electron chi connectivity index (χ0n) is 13.5. The molecule has 0 amide bonds. The van der Waals surface area contributed by atoms with E-state index in [-0.39, 0.29) is 6.04 Å². The smallest absolute Gasteiger partial charge is 0.122 e. The van der Waals surface area contributed by atoms with Gasteiger partial charge in [-0.3, -0.25) is 4.98 Å². The van der Waals surface area contributed by atoms with Crippen LogP contribution < -0.4 is 10.5 Å². The Bertz CT molecular complexity index is 633. The number of nitrogens with two attached hydrogens (primary N) is 1. The lowest BCUT2D eigenvalue weighted by molar-refractivity contribution is 0.407. The molecule has 0 aliphatic rings. The van der Waals surface area contributed by atoms with Crippen molar-refractivity contribution in [3.63, 3.8) is 0 Å². The van der Waals surface area contributed by atoms with Crippen LogP contribution in [0.25, 0.3) is 11.1 Å². The predicted molar refractivity (Wildman–Crippen MR) is 87.7 cm³/mol. The van der Waals surface area contributed by atoms with Gasteiger partial charge in [0, 0.05) is 24.0 Å². The summed E-state index contributed by atoms with van der Waals surface area (Å²) in [5, 5.41) is 0. The molecule has 2 rings (SSSR count). The van der Waals surface area contributed by atoms with Crippen LogP contribution in [-0.2, 0) is 0 Å². The lowest BCUT2D eigenvalue weighted by Gasteiger charge is -2.17. The van der Waals surface area contributed by atoms with E-state index >= 15 is 0 Å². The lowest BCUT2D eigenvalue weighted by Crippen LogP contribution is -2.05. The van der Waals surface area contributed by atoms with Crippen molar-refractivity contribution in [2.75, 3.05) is 7.11 Å².